The minimum atomic E-state index is 0. The third kappa shape index (κ3) is 6.25. The molecule has 1 aliphatic rings. The molecule has 0 amide bonds. The lowest BCUT2D eigenvalue weighted by Gasteiger charge is -2.37. The molecule has 1 aromatic carbocycles. The van der Waals surface area contributed by atoms with Crippen LogP contribution in [0, 0.1) is 0 Å². The van der Waals surface area contributed by atoms with Crippen LogP contribution in [-0.2, 0) is 6.54 Å². The van der Waals surface area contributed by atoms with Crippen LogP contribution in [0.15, 0.2) is 41.9 Å². The lowest BCUT2D eigenvalue weighted by molar-refractivity contribution is 0.371. The predicted molar refractivity (Wildman–Crippen MR) is 123 cm³/mol. The molecule has 0 spiro atoms. The first-order chi connectivity index (χ1) is 13.3. The Bertz CT molecular complexity index is 715. The number of halogens is 1. The maximum atomic E-state index is 5.34. The van der Waals surface area contributed by atoms with Crippen molar-refractivity contribution in [3.8, 4) is 5.75 Å². The molecule has 8 nitrogen and oxygen atoms in total. The van der Waals surface area contributed by atoms with Crippen LogP contribution < -0.4 is 15.0 Å². The molecule has 28 heavy (non-hydrogen) atoms. The number of aromatic nitrogens is 3. The van der Waals surface area contributed by atoms with E-state index in [1.807, 2.05) is 23.7 Å². The molecule has 2 aromatic rings. The van der Waals surface area contributed by atoms with Gasteiger partial charge in [-0.3, -0.25) is 4.99 Å². The molecule has 1 aromatic heterocycles. The van der Waals surface area contributed by atoms with Gasteiger partial charge >= 0.3 is 0 Å². The molecule has 0 bridgehead atoms. The number of nitrogens with zero attached hydrogens (tertiary/aromatic N) is 6. The highest BCUT2D eigenvalue weighted by molar-refractivity contribution is 14.0. The van der Waals surface area contributed by atoms with Crippen molar-refractivity contribution >= 4 is 35.6 Å². The Kier molecular flexibility index (Phi) is 9.32. The summed E-state index contributed by atoms with van der Waals surface area (Å²) in [7, 11) is 3.56. The van der Waals surface area contributed by atoms with Crippen molar-refractivity contribution in [3.05, 3.63) is 36.9 Å². The normalized spacial score (nSPS) is 14.6. The molecular formula is C19H30IN7O. The molecule has 2 heterocycles. The quantitative estimate of drug-likeness (QED) is 0.272. The molecule has 1 aliphatic heterocycles. The van der Waals surface area contributed by atoms with Crippen molar-refractivity contribution in [1.29, 1.82) is 0 Å². The van der Waals surface area contributed by atoms with Gasteiger partial charge in [-0.1, -0.05) is 6.07 Å². The summed E-state index contributed by atoms with van der Waals surface area (Å²) in [6, 6.07) is 8.26. The zero-order valence-electron chi connectivity index (χ0n) is 16.6. The lowest BCUT2D eigenvalue weighted by atomic mass is 10.2. The first-order valence-corrected chi connectivity index (χ1v) is 9.47. The molecule has 0 atom stereocenters. The van der Waals surface area contributed by atoms with Gasteiger partial charge in [-0.25, -0.2) is 0 Å². The Morgan fingerprint density at radius 1 is 1.14 bits per heavy atom. The largest absolute Gasteiger partial charge is 0.497 e. The number of rotatable bonds is 7. The molecule has 1 fully saturated rings. The molecule has 0 unspecified atom stereocenters. The minimum Gasteiger partial charge on any atom is -0.497 e. The second-order valence-corrected chi connectivity index (χ2v) is 6.56. The Hall–Kier alpha value is -2.04. The number of hydrogen-bond acceptors (Lipinski definition) is 5. The zero-order valence-corrected chi connectivity index (χ0v) is 19.0. The minimum absolute atomic E-state index is 0. The molecule has 0 saturated carbocycles. The summed E-state index contributed by atoms with van der Waals surface area (Å²) in [5.74, 6) is 1.89. The van der Waals surface area contributed by atoms with Gasteiger partial charge < -0.3 is 24.4 Å². The highest BCUT2D eigenvalue weighted by Gasteiger charge is 2.19. The standard InChI is InChI=1S/C19H29N7O.HI/c1-20-19(21-8-3-4-9-24-15-22-23-16-24)26-12-10-25(11-13-26)17-6-5-7-18(14-17)27-2;/h5-7,14-16H,3-4,8-13H2,1-2H3,(H,20,21);1H. The van der Waals surface area contributed by atoms with E-state index in [9.17, 15) is 0 Å². The van der Waals surface area contributed by atoms with E-state index in [-0.39, 0.29) is 24.0 Å². The Balaban J connectivity index is 0.00000280. The summed E-state index contributed by atoms with van der Waals surface area (Å²) in [6.45, 7) is 5.73. The Morgan fingerprint density at radius 3 is 2.57 bits per heavy atom. The van der Waals surface area contributed by atoms with Crippen LogP contribution >= 0.6 is 24.0 Å². The zero-order chi connectivity index (χ0) is 18.9. The number of hydrogen-bond donors (Lipinski definition) is 1. The average molecular weight is 499 g/mol. The van der Waals surface area contributed by atoms with Crippen LogP contribution in [0.1, 0.15) is 12.8 Å². The van der Waals surface area contributed by atoms with Gasteiger partial charge in [-0.2, -0.15) is 0 Å². The maximum absolute atomic E-state index is 5.34. The van der Waals surface area contributed by atoms with Crippen molar-refractivity contribution in [1.82, 2.24) is 25.0 Å². The number of anilines is 1. The van der Waals surface area contributed by atoms with Gasteiger partial charge in [0.25, 0.3) is 0 Å². The number of aliphatic imine (C=N–C) groups is 1. The Labute approximate surface area is 184 Å². The van der Waals surface area contributed by atoms with Crippen molar-refractivity contribution < 1.29 is 4.74 Å². The molecule has 0 radical (unpaired) electrons. The number of unbranched alkanes of at least 4 members (excludes halogenated alkanes) is 1. The fourth-order valence-corrected chi connectivity index (χ4v) is 3.27. The van der Waals surface area contributed by atoms with E-state index in [0.29, 0.717) is 0 Å². The number of methoxy groups -OCH3 is 1. The van der Waals surface area contributed by atoms with Crippen molar-refractivity contribution in [3.63, 3.8) is 0 Å². The van der Waals surface area contributed by atoms with Gasteiger partial charge in [-0.05, 0) is 25.0 Å². The molecule has 3 rings (SSSR count). The van der Waals surface area contributed by atoms with E-state index < -0.39 is 0 Å². The molecule has 0 aliphatic carbocycles. The number of piperazine rings is 1. The predicted octanol–water partition coefficient (Wildman–Crippen LogP) is 2.08. The second-order valence-electron chi connectivity index (χ2n) is 6.56. The van der Waals surface area contributed by atoms with Gasteiger partial charge in [0.05, 0.1) is 7.11 Å². The van der Waals surface area contributed by atoms with Crippen LogP contribution in [0.5, 0.6) is 5.75 Å². The average Bonchev–Trinajstić information content (AvgIpc) is 3.24. The van der Waals surface area contributed by atoms with Crippen LogP contribution in [0.4, 0.5) is 5.69 Å². The van der Waals surface area contributed by atoms with Gasteiger partial charge in [0, 0.05) is 58.1 Å². The monoisotopic (exact) mass is 499 g/mol. The summed E-state index contributed by atoms with van der Waals surface area (Å²) in [6.07, 6.45) is 5.69. The number of benzene rings is 1. The van der Waals surface area contributed by atoms with E-state index in [4.69, 9.17) is 4.74 Å². The van der Waals surface area contributed by atoms with Crippen molar-refractivity contribution in [2.24, 2.45) is 4.99 Å². The van der Waals surface area contributed by atoms with Crippen LogP contribution in [-0.4, -0.2) is 72.5 Å². The summed E-state index contributed by atoms with van der Waals surface area (Å²) < 4.78 is 7.34. The fourth-order valence-electron chi connectivity index (χ4n) is 3.27. The first kappa shape index (κ1) is 22.3. The highest BCUT2D eigenvalue weighted by Crippen LogP contribution is 2.22. The molecule has 1 saturated heterocycles. The first-order valence-electron chi connectivity index (χ1n) is 9.47. The topological polar surface area (TPSA) is 70.8 Å². The summed E-state index contributed by atoms with van der Waals surface area (Å²) in [5.41, 5.74) is 1.21. The molecular weight excluding hydrogens is 469 g/mol. The Morgan fingerprint density at radius 2 is 1.89 bits per heavy atom. The fraction of sp³-hybridized carbons (Fsp3) is 0.526. The molecule has 1 N–H and O–H groups in total. The van der Waals surface area contributed by atoms with Crippen molar-refractivity contribution in [2.75, 3.05) is 51.8 Å². The maximum Gasteiger partial charge on any atom is 0.193 e. The third-order valence-corrected chi connectivity index (χ3v) is 4.80. The van der Waals surface area contributed by atoms with Gasteiger partial charge in [0.15, 0.2) is 5.96 Å². The van der Waals surface area contributed by atoms with E-state index in [1.165, 1.54) is 5.69 Å². The van der Waals surface area contributed by atoms with Crippen molar-refractivity contribution in [2.45, 2.75) is 19.4 Å². The summed E-state index contributed by atoms with van der Waals surface area (Å²) in [5, 5.41) is 11.1. The number of guanidine groups is 1. The van der Waals surface area contributed by atoms with Crippen LogP contribution in [0.25, 0.3) is 0 Å². The summed E-state index contributed by atoms with van der Waals surface area (Å²) >= 11 is 0. The van der Waals surface area contributed by atoms with E-state index in [2.05, 4.69) is 42.4 Å². The SMILES string of the molecule is CN=C(NCCCCn1cnnc1)N1CCN(c2cccc(OC)c2)CC1.I. The second kappa shape index (κ2) is 11.7. The smallest absolute Gasteiger partial charge is 0.193 e. The lowest BCUT2D eigenvalue weighted by Crippen LogP contribution is -2.52. The number of nitrogens with one attached hydrogen (secondary N) is 1. The third-order valence-electron chi connectivity index (χ3n) is 4.80. The summed E-state index contributed by atoms with van der Waals surface area (Å²) in [4.78, 5) is 9.18. The van der Waals surface area contributed by atoms with Crippen LogP contribution in [0.3, 0.4) is 0 Å². The van der Waals surface area contributed by atoms with Gasteiger partial charge in [-0.15, -0.1) is 34.2 Å². The van der Waals surface area contributed by atoms with E-state index >= 15 is 0 Å². The van der Waals surface area contributed by atoms with E-state index in [0.717, 1.165) is 63.8 Å². The number of ether oxygens (including phenoxy) is 1. The molecule has 9 heteroatoms. The van der Waals surface area contributed by atoms with E-state index in [1.54, 1.807) is 19.8 Å². The highest BCUT2D eigenvalue weighted by atomic mass is 127. The van der Waals surface area contributed by atoms with Crippen LogP contribution in [0.2, 0.25) is 0 Å². The van der Waals surface area contributed by atoms with Gasteiger partial charge in [0.1, 0.15) is 18.4 Å². The molecule has 154 valence electrons. The van der Waals surface area contributed by atoms with Gasteiger partial charge in [0.2, 0.25) is 0 Å². The number of aryl methyl sites for hydroxylation is 1.